The number of imidazole rings is 1. The van der Waals surface area contributed by atoms with Crippen molar-refractivity contribution in [2.75, 3.05) is 0 Å². The maximum atomic E-state index is 11.4. The van der Waals surface area contributed by atoms with Crippen LogP contribution in [0.3, 0.4) is 0 Å². The number of aromatic carboxylic acids is 1. The van der Waals surface area contributed by atoms with Crippen molar-refractivity contribution in [2.45, 2.75) is 0 Å². The molecule has 0 spiro atoms. The third-order valence-electron chi connectivity index (χ3n) is 3.14. The number of nitrogens with zero attached hydrogens (tertiary/aromatic N) is 3. The normalized spacial score (nSPS) is 9.75. The van der Waals surface area contributed by atoms with Gasteiger partial charge in [-0.2, -0.15) is 0 Å². The smallest absolute Gasteiger partial charge is 0.872 e. The van der Waals surface area contributed by atoms with E-state index in [1.54, 1.807) is 7.05 Å². The number of carboxylic acid groups (broad SMARTS) is 1. The average Bonchev–Trinajstić information content (AvgIpc) is 3.01. The van der Waals surface area contributed by atoms with Crippen molar-refractivity contribution in [2.24, 2.45) is 14.1 Å². The number of carboxylic acids is 1. The fourth-order valence-corrected chi connectivity index (χ4v) is 1.90. The molecular formula is C14H12BaN4O5. The molecule has 24 heavy (non-hydrogen) atoms. The zero-order valence-electron chi connectivity index (χ0n) is 13.0. The molecule has 120 valence electrons. The molecule has 9 nitrogen and oxygen atoms in total. The van der Waals surface area contributed by atoms with Crippen molar-refractivity contribution in [1.82, 2.24) is 19.1 Å². The van der Waals surface area contributed by atoms with E-state index in [1.165, 1.54) is 42.2 Å². The molecule has 1 N–H and O–H groups in total. The third kappa shape index (κ3) is 4.00. The Morgan fingerprint density at radius 3 is 2.33 bits per heavy atom. The van der Waals surface area contributed by atoms with Gasteiger partial charge in [0.25, 0.3) is 5.56 Å². The predicted octanol–water partition coefficient (Wildman–Crippen LogP) is -2.30. The Labute approximate surface area is 175 Å². The van der Waals surface area contributed by atoms with E-state index in [9.17, 15) is 24.6 Å². The van der Waals surface area contributed by atoms with Crippen LogP contribution >= 0.6 is 0 Å². The van der Waals surface area contributed by atoms with Crippen LogP contribution in [0, 0.1) is 0 Å². The van der Waals surface area contributed by atoms with Crippen molar-refractivity contribution < 1.29 is 15.0 Å². The van der Waals surface area contributed by atoms with Crippen LogP contribution in [0.15, 0.2) is 40.2 Å². The number of nitrogens with one attached hydrogen (secondary N) is 1. The first-order valence-corrected chi connectivity index (χ1v) is 6.41. The molecule has 0 radical (unpaired) electrons. The van der Waals surface area contributed by atoms with Gasteiger partial charge in [0.1, 0.15) is 5.52 Å². The van der Waals surface area contributed by atoms with Crippen molar-refractivity contribution in [3.8, 4) is 5.75 Å². The topological polar surface area (TPSA) is 136 Å². The van der Waals surface area contributed by atoms with E-state index in [0.717, 1.165) is 4.57 Å². The van der Waals surface area contributed by atoms with Crippen LogP contribution in [-0.2, 0) is 14.1 Å². The number of fused-ring (bicyclic) bond motifs is 1. The van der Waals surface area contributed by atoms with Gasteiger partial charge in [-0.1, -0.05) is 30.0 Å². The standard InChI is InChI=1S/C7H8N4O2.C7H6O3.Ba/c1-10-5-4(8-3-9-5)6(12)11(2)7(10)13;8-6-4-2-1-3-5(6)7(9)10;/h3H,1-2H3,(H,8,9);1-4,8H,(H,9,10);/q;;+2/p-2. The summed E-state index contributed by atoms with van der Waals surface area (Å²) in [5.41, 5.74) is -0.277. The van der Waals surface area contributed by atoms with Gasteiger partial charge in [0.15, 0.2) is 5.65 Å². The van der Waals surface area contributed by atoms with E-state index in [0.29, 0.717) is 11.2 Å². The number of H-pyrrole nitrogens is 1. The molecule has 0 amide bonds. The number of benzene rings is 1. The second-order valence-corrected chi connectivity index (χ2v) is 4.59. The zero-order valence-corrected chi connectivity index (χ0v) is 17.4. The molecule has 1 aromatic carbocycles. The Morgan fingerprint density at radius 1 is 1.17 bits per heavy atom. The maximum Gasteiger partial charge on any atom is 2.00 e. The van der Waals surface area contributed by atoms with Crippen LogP contribution < -0.4 is 21.5 Å². The number of para-hydroxylation sites is 1. The zero-order chi connectivity index (χ0) is 17.1. The minimum Gasteiger partial charge on any atom is -0.872 e. The van der Waals surface area contributed by atoms with E-state index < -0.39 is 11.7 Å². The second-order valence-electron chi connectivity index (χ2n) is 4.59. The Balaban J connectivity index is 0.000000238. The minimum absolute atomic E-state index is 0. The molecule has 2 aromatic heterocycles. The summed E-state index contributed by atoms with van der Waals surface area (Å²) in [4.78, 5) is 39.5. The monoisotopic (exact) mass is 454 g/mol. The van der Waals surface area contributed by atoms with Crippen LogP contribution in [0.25, 0.3) is 11.2 Å². The molecule has 0 atom stereocenters. The van der Waals surface area contributed by atoms with Crippen LogP contribution in [-0.4, -0.2) is 74.0 Å². The summed E-state index contributed by atoms with van der Waals surface area (Å²) in [6.07, 6.45) is 1.39. The van der Waals surface area contributed by atoms with Gasteiger partial charge in [-0.15, -0.1) is 0 Å². The van der Waals surface area contributed by atoms with Gasteiger partial charge < -0.3 is 20.0 Å². The first-order chi connectivity index (χ1) is 10.8. The molecule has 0 saturated carbocycles. The molecule has 3 rings (SSSR count). The molecule has 0 bridgehead atoms. The molecule has 3 aromatic rings. The van der Waals surface area contributed by atoms with Crippen molar-refractivity contribution in [1.29, 1.82) is 0 Å². The fourth-order valence-electron chi connectivity index (χ4n) is 1.90. The summed E-state index contributed by atoms with van der Waals surface area (Å²) in [7, 11) is 3.01. The van der Waals surface area contributed by atoms with Gasteiger partial charge in [0, 0.05) is 14.1 Å². The second kappa shape index (κ2) is 8.35. The van der Waals surface area contributed by atoms with Gasteiger partial charge in [0.2, 0.25) is 0 Å². The molecule has 0 saturated heterocycles. The van der Waals surface area contributed by atoms with Crippen molar-refractivity contribution in [3.63, 3.8) is 0 Å². The number of aromatic nitrogens is 4. The van der Waals surface area contributed by atoms with Gasteiger partial charge in [-0.3, -0.25) is 13.9 Å². The van der Waals surface area contributed by atoms with E-state index in [1.807, 2.05) is 0 Å². The molecule has 10 heteroatoms. The Bertz CT molecular complexity index is 989. The summed E-state index contributed by atoms with van der Waals surface area (Å²) in [5, 5.41) is 20.8. The van der Waals surface area contributed by atoms with E-state index >= 15 is 0 Å². The van der Waals surface area contributed by atoms with E-state index in [-0.39, 0.29) is 65.7 Å². The first kappa shape index (κ1) is 20.3. The molecule has 0 fully saturated rings. The maximum absolute atomic E-state index is 11.4. The van der Waals surface area contributed by atoms with Crippen molar-refractivity contribution >= 4 is 66.0 Å². The number of hydrogen-bond acceptors (Lipinski definition) is 6. The molecule has 0 aliphatic rings. The molecule has 0 aliphatic heterocycles. The molecular weight excluding hydrogens is 442 g/mol. The van der Waals surface area contributed by atoms with Gasteiger partial charge >= 0.3 is 54.6 Å². The van der Waals surface area contributed by atoms with Gasteiger partial charge in [-0.05, 0) is 5.56 Å². The van der Waals surface area contributed by atoms with Crippen LogP contribution in [0.5, 0.6) is 5.75 Å². The SMILES string of the molecule is Cn1c(=O)c2[nH]cnc2n(C)c1=O.O=C([O-])c1ccccc1[O-].[Ba+2]. The van der Waals surface area contributed by atoms with Crippen LogP contribution in [0.4, 0.5) is 0 Å². The summed E-state index contributed by atoms with van der Waals surface area (Å²) in [6.45, 7) is 0. The van der Waals surface area contributed by atoms with Crippen LogP contribution in [0.1, 0.15) is 10.4 Å². The first-order valence-electron chi connectivity index (χ1n) is 6.41. The summed E-state index contributed by atoms with van der Waals surface area (Å²) in [6, 6.07) is 5.37. The largest absolute Gasteiger partial charge is 2.00 e. The van der Waals surface area contributed by atoms with Crippen LogP contribution in [0.2, 0.25) is 0 Å². The quantitative estimate of drug-likeness (QED) is 0.412. The number of carbonyl (C=O) groups excluding carboxylic acids is 1. The van der Waals surface area contributed by atoms with E-state index in [4.69, 9.17) is 0 Å². The van der Waals surface area contributed by atoms with E-state index in [2.05, 4.69) is 9.97 Å². The Hall–Kier alpha value is -1.79. The number of carbonyl (C=O) groups is 1. The molecule has 0 unspecified atom stereocenters. The van der Waals surface area contributed by atoms with Crippen molar-refractivity contribution in [3.05, 3.63) is 57.0 Å². The summed E-state index contributed by atoms with van der Waals surface area (Å²) < 4.78 is 2.37. The number of aromatic amines is 1. The third-order valence-corrected chi connectivity index (χ3v) is 3.14. The summed E-state index contributed by atoms with van der Waals surface area (Å²) in [5.74, 6) is -1.94. The Kier molecular flexibility index (Phi) is 7.05. The average molecular weight is 454 g/mol. The Morgan fingerprint density at radius 2 is 1.79 bits per heavy atom. The number of aryl methyl sites for hydroxylation is 1. The summed E-state index contributed by atoms with van der Waals surface area (Å²) >= 11 is 0. The predicted molar refractivity (Wildman–Crippen MR) is 82.5 cm³/mol. The molecule has 0 aliphatic carbocycles. The number of hydrogen-bond donors (Lipinski definition) is 1. The number of rotatable bonds is 1. The fraction of sp³-hybridized carbons (Fsp3) is 0.143. The van der Waals surface area contributed by atoms with Gasteiger partial charge in [0.05, 0.1) is 12.3 Å². The minimum atomic E-state index is -1.43. The van der Waals surface area contributed by atoms with Gasteiger partial charge in [-0.25, -0.2) is 9.78 Å². The molecule has 2 heterocycles.